The SMILES string of the molecule is ClCC(Br)c1ccccc1. The van der Waals surface area contributed by atoms with Crippen molar-refractivity contribution in [1.29, 1.82) is 0 Å². The molecule has 0 nitrogen and oxygen atoms in total. The molecule has 0 aromatic heterocycles. The number of halogens is 2. The summed E-state index contributed by atoms with van der Waals surface area (Å²) >= 11 is 9.09. The third-order valence-corrected chi connectivity index (χ3v) is 2.83. The van der Waals surface area contributed by atoms with Crippen molar-refractivity contribution < 1.29 is 0 Å². The second kappa shape index (κ2) is 3.99. The fourth-order valence-electron chi connectivity index (χ4n) is 0.751. The van der Waals surface area contributed by atoms with Crippen molar-refractivity contribution >= 4 is 27.5 Å². The first-order chi connectivity index (χ1) is 4.84. The molecule has 0 spiro atoms. The minimum Gasteiger partial charge on any atom is -0.125 e. The second-order valence-electron chi connectivity index (χ2n) is 2.03. The van der Waals surface area contributed by atoms with E-state index in [-0.39, 0.29) is 4.83 Å². The van der Waals surface area contributed by atoms with Crippen LogP contribution >= 0.6 is 27.5 Å². The molecule has 1 unspecified atom stereocenters. The molecule has 0 N–H and O–H groups in total. The van der Waals surface area contributed by atoms with Crippen molar-refractivity contribution in [3.05, 3.63) is 35.9 Å². The predicted molar refractivity (Wildman–Crippen MR) is 48.8 cm³/mol. The van der Waals surface area contributed by atoms with Crippen LogP contribution in [0.2, 0.25) is 0 Å². The van der Waals surface area contributed by atoms with E-state index in [0.717, 1.165) is 0 Å². The topological polar surface area (TPSA) is 0 Å². The minimum atomic E-state index is 0.287. The van der Waals surface area contributed by atoms with Crippen LogP contribution in [-0.4, -0.2) is 5.88 Å². The van der Waals surface area contributed by atoms with Gasteiger partial charge in [0, 0.05) is 5.88 Å². The maximum atomic E-state index is 5.64. The molecule has 1 aromatic carbocycles. The van der Waals surface area contributed by atoms with E-state index in [1.807, 2.05) is 18.2 Å². The van der Waals surface area contributed by atoms with Crippen LogP contribution in [0.4, 0.5) is 0 Å². The Morgan fingerprint density at radius 1 is 1.30 bits per heavy atom. The molecular weight excluding hydrogens is 211 g/mol. The Bertz CT molecular complexity index is 186. The predicted octanol–water partition coefficient (Wildman–Crippen LogP) is 3.36. The molecule has 1 aromatic rings. The first-order valence-corrected chi connectivity index (χ1v) is 4.54. The highest BCUT2D eigenvalue weighted by molar-refractivity contribution is 9.09. The zero-order chi connectivity index (χ0) is 7.40. The zero-order valence-corrected chi connectivity index (χ0v) is 7.77. The summed E-state index contributed by atoms with van der Waals surface area (Å²) in [6.45, 7) is 0. The van der Waals surface area contributed by atoms with Gasteiger partial charge in [-0.3, -0.25) is 0 Å². The Labute approximate surface area is 74.3 Å². The minimum absolute atomic E-state index is 0.287. The molecule has 10 heavy (non-hydrogen) atoms. The van der Waals surface area contributed by atoms with E-state index in [2.05, 4.69) is 28.1 Å². The van der Waals surface area contributed by atoms with Crippen molar-refractivity contribution in [1.82, 2.24) is 0 Å². The van der Waals surface area contributed by atoms with Crippen LogP contribution in [0.1, 0.15) is 10.4 Å². The Balaban J connectivity index is 2.75. The molecule has 0 aliphatic carbocycles. The van der Waals surface area contributed by atoms with E-state index in [4.69, 9.17) is 11.6 Å². The lowest BCUT2D eigenvalue weighted by atomic mass is 10.2. The van der Waals surface area contributed by atoms with Crippen LogP contribution in [0.5, 0.6) is 0 Å². The highest BCUT2D eigenvalue weighted by atomic mass is 79.9. The molecule has 0 aliphatic heterocycles. The molecule has 54 valence electrons. The average molecular weight is 220 g/mol. The molecule has 0 bridgehead atoms. The van der Waals surface area contributed by atoms with E-state index >= 15 is 0 Å². The molecule has 0 aliphatic rings. The van der Waals surface area contributed by atoms with Crippen LogP contribution in [0, 0.1) is 0 Å². The van der Waals surface area contributed by atoms with Crippen molar-refractivity contribution in [3.8, 4) is 0 Å². The Kier molecular flexibility index (Phi) is 3.23. The van der Waals surface area contributed by atoms with Gasteiger partial charge in [-0.25, -0.2) is 0 Å². The fraction of sp³-hybridized carbons (Fsp3) is 0.250. The molecule has 1 atom stereocenters. The van der Waals surface area contributed by atoms with Gasteiger partial charge < -0.3 is 0 Å². The summed E-state index contributed by atoms with van der Waals surface area (Å²) in [5.74, 6) is 0.615. The third kappa shape index (κ3) is 1.99. The summed E-state index contributed by atoms with van der Waals surface area (Å²) in [5.41, 5.74) is 1.23. The molecule has 0 heterocycles. The molecule has 0 fully saturated rings. The summed E-state index contributed by atoms with van der Waals surface area (Å²) in [4.78, 5) is 0.287. The monoisotopic (exact) mass is 218 g/mol. The normalized spacial score (nSPS) is 13.0. The van der Waals surface area contributed by atoms with Crippen molar-refractivity contribution in [2.75, 3.05) is 5.88 Å². The summed E-state index contributed by atoms with van der Waals surface area (Å²) in [6, 6.07) is 10.1. The molecule has 0 saturated carbocycles. The van der Waals surface area contributed by atoms with Crippen LogP contribution in [-0.2, 0) is 0 Å². The van der Waals surface area contributed by atoms with Gasteiger partial charge in [0.1, 0.15) is 0 Å². The number of rotatable bonds is 2. The summed E-state index contributed by atoms with van der Waals surface area (Å²) in [6.07, 6.45) is 0. The Hall–Kier alpha value is -0.0100. The highest BCUT2D eigenvalue weighted by Crippen LogP contribution is 2.22. The highest BCUT2D eigenvalue weighted by Gasteiger charge is 2.02. The van der Waals surface area contributed by atoms with Crippen LogP contribution in [0.3, 0.4) is 0 Å². The van der Waals surface area contributed by atoms with Gasteiger partial charge in [0.05, 0.1) is 4.83 Å². The van der Waals surface area contributed by atoms with Crippen molar-refractivity contribution in [3.63, 3.8) is 0 Å². The van der Waals surface area contributed by atoms with E-state index in [9.17, 15) is 0 Å². The van der Waals surface area contributed by atoms with E-state index < -0.39 is 0 Å². The van der Waals surface area contributed by atoms with Crippen LogP contribution in [0.25, 0.3) is 0 Å². The lowest BCUT2D eigenvalue weighted by molar-refractivity contribution is 1.13. The van der Waals surface area contributed by atoms with Crippen molar-refractivity contribution in [2.45, 2.75) is 4.83 Å². The number of alkyl halides is 2. The van der Waals surface area contributed by atoms with E-state index in [0.29, 0.717) is 5.88 Å². The Morgan fingerprint density at radius 2 is 1.90 bits per heavy atom. The van der Waals surface area contributed by atoms with Gasteiger partial charge in [-0.1, -0.05) is 46.3 Å². The first-order valence-electron chi connectivity index (χ1n) is 3.09. The van der Waals surface area contributed by atoms with E-state index in [1.54, 1.807) is 0 Å². The molecule has 2 heteroatoms. The number of hydrogen-bond donors (Lipinski definition) is 0. The first kappa shape index (κ1) is 8.09. The second-order valence-corrected chi connectivity index (χ2v) is 3.45. The van der Waals surface area contributed by atoms with Crippen molar-refractivity contribution in [2.24, 2.45) is 0 Å². The molecule has 0 saturated heterocycles. The molecule has 1 rings (SSSR count). The molecular formula is C8H8BrCl. The summed E-state index contributed by atoms with van der Waals surface area (Å²) in [5, 5.41) is 0. The van der Waals surface area contributed by atoms with Gasteiger partial charge in [0.25, 0.3) is 0 Å². The summed E-state index contributed by atoms with van der Waals surface area (Å²) < 4.78 is 0. The number of benzene rings is 1. The fourth-order valence-corrected chi connectivity index (χ4v) is 1.23. The molecule has 0 radical (unpaired) electrons. The zero-order valence-electron chi connectivity index (χ0n) is 5.43. The van der Waals surface area contributed by atoms with Crippen LogP contribution in [0.15, 0.2) is 30.3 Å². The van der Waals surface area contributed by atoms with Gasteiger partial charge in [0.2, 0.25) is 0 Å². The average Bonchev–Trinajstić information content (AvgIpc) is 2.05. The third-order valence-electron chi connectivity index (χ3n) is 1.30. The van der Waals surface area contributed by atoms with Gasteiger partial charge in [0.15, 0.2) is 0 Å². The lowest BCUT2D eigenvalue weighted by Crippen LogP contribution is -1.88. The van der Waals surface area contributed by atoms with Gasteiger partial charge in [-0.15, -0.1) is 11.6 Å². The number of hydrogen-bond acceptors (Lipinski definition) is 0. The standard InChI is InChI=1S/C8H8BrCl/c9-8(6-10)7-4-2-1-3-5-7/h1-5,8H,6H2. The summed E-state index contributed by atoms with van der Waals surface area (Å²) in [7, 11) is 0. The van der Waals surface area contributed by atoms with Gasteiger partial charge in [-0.05, 0) is 5.56 Å². The molecule has 0 amide bonds. The largest absolute Gasteiger partial charge is 0.125 e. The maximum absolute atomic E-state index is 5.64. The maximum Gasteiger partial charge on any atom is 0.0530 e. The lowest BCUT2D eigenvalue weighted by Gasteiger charge is -2.03. The Morgan fingerprint density at radius 3 is 2.40 bits per heavy atom. The smallest absolute Gasteiger partial charge is 0.0530 e. The van der Waals surface area contributed by atoms with E-state index in [1.165, 1.54) is 5.56 Å². The van der Waals surface area contributed by atoms with Crippen LogP contribution < -0.4 is 0 Å². The van der Waals surface area contributed by atoms with Gasteiger partial charge in [-0.2, -0.15) is 0 Å². The quantitative estimate of drug-likeness (QED) is 0.669. The van der Waals surface area contributed by atoms with Gasteiger partial charge >= 0.3 is 0 Å².